The Morgan fingerprint density at radius 2 is 1.80 bits per heavy atom. The number of carbonyl (C=O) groups excluding carboxylic acids is 2. The second kappa shape index (κ2) is 7.92. The number of hydrogen-bond donors (Lipinski definition) is 1. The maximum atomic E-state index is 12.5. The van der Waals surface area contributed by atoms with Crippen molar-refractivity contribution < 1.29 is 9.59 Å². The second-order valence-corrected chi connectivity index (χ2v) is 6.39. The molecule has 1 aromatic carbocycles. The third kappa shape index (κ3) is 4.24. The second-order valence-electron chi connectivity index (χ2n) is 6.39. The molecule has 1 atom stereocenters. The highest BCUT2D eigenvalue weighted by Crippen LogP contribution is 2.15. The van der Waals surface area contributed by atoms with Crippen LogP contribution in [0, 0.1) is 0 Å². The van der Waals surface area contributed by atoms with Gasteiger partial charge in [-0.25, -0.2) is 0 Å². The molecule has 2 amide bonds. The lowest BCUT2D eigenvalue weighted by atomic mass is 10.1. The molecule has 0 aliphatic carbocycles. The zero-order valence-electron chi connectivity index (χ0n) is 14.4. The fourth-order valence-electron chi connectivity index (χ4n) is 3.05. The minimum atomic E-state index is -0.202. The smallest absolute Gasteiger partial charge is 0.272 e. The maximum absolute atomic E-state index is 12.5. The van der Waals surface area contributed by atoms with E-state index in [1.165, 1.54) is 6.20 Å². The predicted octanol–water partition coefficient (Wildman–Crippen LogP) is 3.20. The first-order valence-corrected chi connectivity index (χ1v) is 8.76. The van der Waals surface area contributed by atoms with E-state index in [2.05, 4.69) is 10.3 Å². The highest BCUT2D eigenvalue weighted by atomic mass is 16.2. The van der Waals surface area contributed by atoms with Crippen LogP contribution in [0.5, 0.6) is 0 Å². The van der Waals surface area contributed by atoms with Crippen LogP contribution >= 0.6 is 0 Å². The lowest BCUT2D eigenvalue weighted by molar-refractivity contribution is 0.0718. The molecule has 3 rings (SSSR count). The maximum Gasteiger partial charge on any atom is 0.272 e. The number of rotatable bonds is 4. The summed E-state index contributed by atoms with van der Waals surface area (Å²) in [5.74, 6) is -0.295. The molecule has 1 unspecified atom stereocenters. The van der Waals surface area contributed by atoms with E-state index in [1.54, 1.807) is 12.1 Å². The van der Waals surface area contributed by atoms with Crippen molar-refractivity contribution in [2.75, 3.05) is 13.1 Å². The normalized spacial score (nSPS) is 15.5. The van der Waals surface area contributed by atoms with Crippen LogP contribution in [-0.4, -0.2) is 34.8 Å². The van der Waals surface area contributed by atoms with Crippen LogP contribution in [0.1, 0.15) is 58.6 Å². The van der Waals surface area contributed by atoms with E-state index in [-0.39, 0.29) is 17.9 Å². The summed E-state index contributed by atoms with van der Waals surface area (Å²) in [6, 6.07) is 12.9. The van der Waals surface area contributed by atoms with Crippen LogP contribution in [-0.2, 0) is 0 Å². The van der Waals surface area contributed by atoms with Crippen LogP contribution in [0.3, 0.4) is 0 Å². The Balaban J connectivity index is 1.70. The molecule has 130 valence electrons. The summed E-state index contributed by atoms with van der Waals surface area (Å²) in [6.45, 7) is 3.47. The average molecular weight is 337 g/mol. The summed E-state index contributed by atoms with van der Waals surface area (Å²) in [5, 5.41) is 2.97. The Morgan fingerprint density at radius 3 is 2.52 bits per heavy atom. The molecule has 1 aliphatic rings. The number of nitrogens with one attached hydrogen (secondary N) is 1. The molecule has 25 heavy (non-hydrogen) atoms. The first kappa shape index (κ1) is 17.1. The fourth-order valence-corrected chi connectivity index (χ4v) is 3.05. The Morgan fingerprint density at radius 1 is 1.08 bits per heavy atom. The van der Waals surface area contributed by atoms with Gasteiger partial charge in [0.15, 0.2) is 0 Å². The summed E-state index contributed by atoms with van der Waals surface area (Å²) in [6.07, 6.45) is 4.75. The van der Waals surface area contributed by atoms with Crippen molar-refractivity contribution >= 4 is 11.8 Å². The number of carbonyl (C=O) groups is 2. The molecular weight excluding hydrogens is 314 g/mol. The first-order chi connectivity index (χ1) is 12.1. The molecule has 2 aromatic rings. The van der Waals surface area contributed by atoms with Gasteiger partial charge in [-0.15, -0.1) is 0 Å². The molecule has 1 saturated heterocycles. The van der Waals surface area contributed by atoms with Gasteiger partial charge in [-0.1, -0.05) is 30.3 Å². The van der Waals surface area contributed by atoms with Gasteiger partial charge >= 0.3 is 0 Å². The van der Waals surface area contributed by atoms with Crippen molar-refractivity contribution in [1.82, 2.24) is 15.2 Å². The Labute approximate surface area is 148 Å². The topological polar surface area (TPSA) is 62.3 Å². The number of piperidine rings is 1. The average Bonchev–Trinajstić information content (AvgIpc) is 2.68. The van der Waals surface area contributed by atoms with Crippen molar-refractivity contribution in [2.24, 2.45) is 0 Å². The molecule has 5 heteroatoms. The van der Waals surface area contributed by atoms with Crippen LogP contribution in [0.15, 0.2) is 48.7 Å². The fraction of sp³-hybridized carbons (Fsp3) is 0.350. The quantitative estimate of drug-likeness (QED) is 0.932. The van der Waals surface area contributed by atoms with Gasteiger partial charge in [0, 0.05) is 24.8 Å². The number of amides is 2. The molecule has 0 saturated carbocycles. The third-order valence-corrected chi connectivity index (χ3v) is 4.53. The van der Waals surface area contributed by atoms with E-state index in [0.29, 0.717) is 11.3 Å². The van der Waals surface area contributed by atoms with Crippen LogP contribution < -0.4 is 5.32 Å². The zero-order chi connectivity index (χ0) is 17.6. The SMILES string of the molecule is CC(NC(=O)c1ccnc(C(=O)N2CCCCC2)c1)c1ccccc1. The van der Waals surface area contributed by atoms with E-state index >= 15 is 0 Å². The Bertz CT molecular complexity index is 740. The van der Waals surface area contributed by atoms with Gasteiger partial charge in [-0.3, -0.25) is 14.6 Å². The number of nitrogens with zero attached hydrogens (tertiary/aromatic N) is 2. The van der Waals surface area contributed by atoms with E-state index in [0.717, 1.165) is 37.9 Å². The van der Waals surface area contributed by atoms with E-state index in [9.17, 15) is 9.59 Å². The molecule has 0 bridgehead atoms. The summed E-state index contributed by atoms with van der Waals surface area (Å²) in [4.78, 5) is 31.0. The molecule has 1 N–H and O–H groups in total. The van der Waals surface area contributed by atoms with Gasteiger partial charge in [0.1, 0.15) is 5.69 Å². The third-order valence-electron chi connectivity index (χ3n) is 4.53. The van der Waals surface area contributed by atoms with Crippen molar-refractivity contribution in [1.29, 1.82) is 0 Å². The van der Waals surface area contributed by atoms with Gasteiger partial charge in [0.2, 0.25) is 0 Å². The van der Waals surface area contributed by atoms with Gasteiger partial charge < -0.3 is 10.2 Å². The van der Waals surface area contributed by atoms with Gasteiger partial charge in [-0.05, 0) is 43.9 Å². The van der Waals surface area contributed by atoms with Gasteiger partial charge in [0.05, 0.1) is 6.04 Å². The van der Waals surface area contributed by atoms with Crippen LogP contribution in [0.25, 0.3) is 0 Å². The lowest BCUT2D eigenvalue weighted by Crippen LogP contribution is -2.36. The predicted molar refractivity (Wildman–Crippen MR) is 96.3 cm³/mol. The van der Waals surface area contributed by atoms with Crippen LogP contribution in [0.2, 0.25) is 0 Å². The summed E-state index contributed by atoms with van der Waals surface area (Å²) < 4.78 is 0. The molecule has 1 aromatic heterocycles. The molecule has 5 nitrogen and oxygen atoms in total. The number of pyridine rings is 1. The highest BCUT2D eigenvalue weighted by Gasteiger charge is 2.20. The zero-order valence-corrected chi connectivity index (χ0v) is 14.4. The summed E-state index contributed by atoms with van der Waals surface area (Å²) >= 11 is 0. The van der Waals surface area contributed by atoms with Crippen molar-refractivity contribution in [3.8, 4) is 0 Å². The van der Waals surface area contributed by atoms with Crippen molar-refractivity contribution in [2.45, 2.75) is 32.2 Å². The molecule has 2 heterocycles. The van der Waals surface area contributed by atoms with E-state index in [4.69, 9.17) is 0 Å². The number of likely N-dealkylation sites (tertiary alicyclic amines) is 1. The summed E-state index contributed by atoms with van der Waals surface area (Å²) in [7, 11) is 0. The standard InChI is InChI=1S/C20H23N3O2/c1-15(16-8-4-2-5-9-16)22-19(24)17-10-11-21-18(14-17)20(25)23-12-6-3-7-13-23/h2,4-5,8-11,14-15H,3,6-7,12-13H2,1H3,(H,22,24). The largest absolute Gasteiger partial charge is 0.346 e. The number of hydrogen-bond acceptors (Lipinski definition) is 3. The minimum absolute atomic E-state index is 0.0922. The lowest BCUT2D eigenvalue weighted by Gasteiger charge is -2.26. The van der Waals surface area contributed by atoms with E-state index in [1.807, 2.05) is 42.2 Å². The van der Waals surface area contributed by atoms with Crippen molar-refractivity contribution in [3.05, 3.63) is 65.5 Å². The summed E-state index contributed by atoms with van der Waals surface area (Å²) in [5.41, 5.74) is 1.83. The molecule has 1 aliphatic heterocycles. The van der Waals surface area contributed by atoms with Gasteiger partial charge in [-0.2, -0.15) is 0 Å². The van der Waals surface area contributed by atoms with Gasteiger partial charge in [0.25, 0.3) is 11.8 Å². The number of aromatic nitrogens is 1. The van der Waals surface area contributed by atoms with Crippen LogP contribution in [0.4, 0.5) is 0 Å². The molecule has 0 radical (unpaired) electrons. The van der Waals surface area contributed by atoms with E-state index < -0.39 is 0 Å². The highest BCUT2D eigenvalue weighted by molar-refractivity contribution is 5.98. The Hall–Kier alpha value is -2.69. The number of benzene rings is 1. The first-order valence-electron chi connectivity index (χ1n) is 8.76. The van der Waals surface area contributed by atoms with Crippen molar-refractivity contribution in [3.63, 3.8) is 0 Å². The molecule has 1 fully saturated rings. The molecular formula is C20H23N3O2. The molecule has 0 spiro atoms. The Kier molecular flexibility index (Phi) is 5.43. The monoisotopic (exact) mass is 337 g/mol. The minimum Gasteiger partial charge on any atom is -0.346 e.